The Hall–Kier alpha value is -2.35. The minimum absolute atomic E-state index is 0.0796. The molecule has 0 bridgehead atoms. The maximum atomic E-state index is 12.3. The summed E-state index contributed by atoms with van der Waals surface area (Å²) in [5.74, 6) is 1.42. The molecule has 8 heteroatoms. The van der Waals surface area contributed by atoms with E-state index in [9.17, 15) is 4.79 Å². The molecule has 1 aromatic heterocycles. The van der Waals surface area contributed by atoms with Gasteiger partial charge in [-0.05, 0) is 42.3 Å². The molecule has 0 unspecified atom stereocenters. The predicted molar refractivity (Wildman–Crippen MR) is 114 cm³/mol. The number of benzene rings is 1. The number of nitrogens with zero attached hydrogens (tertiary/aromatic N) is 3. The standard InChI is InChI=1S/C21H27ClN4O3/c1-15-11-18(28-2)19(29-3)12-16(15)13-25-7-9-26(10-8-25)14-20(27)24-17-5-4-6-23-21(17)22/h4-6,11-12H,7-10,13-14H2,1-3H3,(H,24,27). The van der Waals surface area contributed by atoms with Crippen LogP contribution in [0.2, 0.25) is 5.15 Å². The van der Waals surface area contributed by atoms with Crippen molar-refractivity contribution in [3.05, 3.63) is 46.7 Å². The highest BCUT2D eigenvalue weighted by atomic mass is 35.5. The Kier molecular flexibility index (Phi) is 7.30. The van der Waals surface area contributed by atoms with Crippen LogP contribution in [0.4, 0.5) is 5.69 Å². The summed E-state index contributed by atoms with van der Waals surface area (Å²) >= 11 is 6.00. The molecule has 0 atom stereocenters. The van der Waals surface area contributed by atoms with E-state index >= 15 is 0 Å². The number of carbonyl (C=O) groups is 1. The summed E-state index contributed by atoms with van der Waals surface area (Å²) in [7, 11) is 3.30. The molecule has 29 heavy (non-hydrogen) atoms. The Morgan fingerprint density at radius 1 is 1.14 bits per heavy atom. The second kappa shape index (κ2) is 9.91. The normalized spacial score (nSPS) is 15.2. The molecule has 7 nitrogen and oxygen atoms in total. The molecule has 1 N–H and O–H groups in total. The van der Waals surface area contributed by atoms with E-state index in [-0.39, 0.29) is 5.91 Å². The third-order valence-corrected chi connectivity index (χ3v) is 5.40. The van der Waals surface area contributed by atoms with E-state index in [1.807, 2.05) is 12.1 Å². The van der Waals surface area contributed by atoms with Gasteiger partial charge in [-0.15, -0.1) is 0 Å². The number of aryl methyl sites for hydroxylation is 1. The van der Waals surface area contributed by atoms with Gasteiger partial charge in [-0.3, -0.25) is 14.6 Å². The van der Waals surface area contributed by atoms with Crippen molar-refractivity contribution in [2.24, 2.45) is 0 Å². The molecule has 0 aliphatic carbocycles. The molecule has 1 aliphatic rings. The zero-order chi connectivity index (χ0) is 20.8. The van der Waals surface area contributed by atoms with Crippen molar-refractivity contribution in [3.8, 4) is 11.5 Å². The zero-order valence-corrected chi connectivity index (χ0v) is 17.8. The number of piperazine rings is 1. The fourth-order valence-corrected chi connectivity index (χ4v) is 3.58. The molecule has 0 saturated carbocycles. The molecule has 156 valence electrons. The van der Waals surface area contributed by atoms with Crippen molar-refractivity contribution in [3.63, 3.8) is 0 Å². The number of hydrogen-bond donors (Lipinski definition) is 1. The lowest BCUT2D eigenvalue weighted by molar-refractivity contribution is -0.117. The molecule has 1 aliphatic heterocycles. The predicted octanol–water partition coefficient (Wildman–Crippen LogP) is 2.82. The number of nitrogens with one attached hydrogen (secondary N) is 1. The summed E-state index contributed by atoms with van der Waals surface area (Å²) in [6.45, 7) is 6.73. The van der Waals surface area contributed by atoms with E-state index < -0.39 is 0 Å². The number of amides is 1. The quantitative estimate of drug-likeness (QED) is 0.697. The Morgan fingerprint density at radius 3 is 2.45 bits per heavy atom. The third kappa shape index (κ3) is 5.59. The lowest BCUT2D eigenvalue weighted by atomic mass is 10.1. The number of pyridine rings is 1. The van der Waals surface area contributed by atoms with Crippen molar-refractivity contribution in [1.29, 1.82) is 0 Å². The van der Waals surface area contributed by atoms with Gasteiger partial charge in [-0.1, -0.05) is 11.6 Å². The smallest absolute Gasteiger partial charge is 0.238 e. The molecule has 1 amide bonds. The van der Waals surface area contributed by atoms with Gasteiger partial charge in [-0.2, -0.15) is 0 Å². The van der Waals surface area contributed by atoms with E-state index in [0.29, 0.717) is 17.4 Å². The van der Waals surface area contributed by atoms with Gasteiger partial charge in [0, 0.05) is 38.9 Å². The van der Waals surface area contributed by atoms with Crippen LogP contribution in [0.3, 0.4) is 0 Å². The van der Waals surface area contributed by atoms with Gasteiger partial charge in [0.2, 0.25) is 5.91 Å². The van der Waals surface area contributed by atoms with Crippen LogP contribution in [-0.4, -0.2) is 67.6 Å². The number of halogens is 1. The van der Waals surface area contributed by atoms with Crippen LogP contribution in [0.1, 0.15) is 11.1 Å². The van der Waals surface area contributed by atoms with Gasteiger partial charge in [0.1, 0.15) is 0 Å². The fraction of sp³-hybridized carbons (Fsp3) is 0.429. The van der Waals surface area contributed by atoms with Crippen LogP contribution >= 0.6 is 11.6 Å². The molecule has 0 spiro atoms. The van der Waals surface area contributed by atoms with Gasteiger partial charge in [0.15, 0.2) is 16.7 Å². The van der Waals surface area contributed by atoms with Crippen LogP contribution < -0.4 is 14.8 Å². The van der Waals surface area contributed by atoms with Crippen molar-refractivity contribution in [2.45, 2.75) is 13.5 Å². The van der Waals surface area contributed by atoms with Gasteiger partial charge >= 0.3 is 0 Å². The number of aromatic nitrogens is 1. The second-order valence-electron chi connectivity index (χ2n) is 7.08. The highest BCUT2D eigenvalue weighted by Crippen LogP contribution is 2.31. The number of carbonyl (C=O) groups excluding carboxylic acids is 1. The van der Waals surface area contributed by atoms with Crippen LogP contribution in [0.15, 0.2) is 30.5 Å². The third-order valence-electron chi connectivity index (χ3n) is 5.10. The number of anilines is 1. The molecular formula is C21H27ClN4O3. The van der Waals surface area contributed by atoms with Gasteiger partial charge in [0.05, 0.1) is 26.5 Å². The van der Waals surface area contributed by atoms with Gasteiger partial charge in [-0.25, -0.2) is 4.98 Å². The molecular weight excluding hydrogens is 392 g/mol. The minimum atomic E-state index is -0.0796. The summed E-state index contributed by atoms with van der Waals surface area (Å²) in [4.78, 5) is 20.8. The number of ether oxygens (including phenoxy) is 2. The van der Waals surface area contributed by atoms with E-state index in [2.05, 4.69) is 27.0 Å². The molecule has 3 rings (SSSR count). The first-order chi connectivity index (χ1) is 14.0. The SMILES string of the molecule is COc1cc(C)c(CN2CCN(CC(=O)Nc3cccnc3Cl)CC2)cc1OC. The number of hydrogen-bond acceptors (Lipinski definition) is 6. The average Bonchev–Trinajstić information content (AvgIpc) is 2.72. The first kappa shape index (κ1) is 21.4. The average molecular weight is 419 g/mol. The molecule has 1 fully saturated rings. The number of methoxy groups -OCH3 is 2. The van der Waals surface area contributed by atoms with Crippen LogP contribution in [0, 0.1) is 6.92 Å². The maximum absolute atomic E-state index is 12.3. The van der Waals surface area contributed by atoms with Gasteiger partial charge < -0.3 is 14.8 Å². The highest BCUT2D eigenvalue weighted by Gasteiger charge is 2.20. The lowest BCUT2D eigenvalue weighted by Gasteiger charge is -2.34. The highest BCUT2D eigenvalue weighted by molar-refractivity contribution is 6.32. The monoisotopic (exact) mass is 418 g/mol. The Balaban J connectivity index is 1.51. The maximum Gasteiger partial charge on any atom is 0.238 e. The van der Waals surface area contributed by atoms with E-state index in [0.717, 1.165) is 44.2 Å². The van der Waals surface area contributed by atoms with Crippen molar-refractivity contribution in [2.75, 3.05) is 52.3 Å². The second-order valence-corrected chi connectivity index (χ2v) is 7.43. The minimum Gasteiger partial charge on any atom is -0.493 e. The Labute approximate surface area is 176 Å². The summed E-state index contributed by atoms with van der Waals surface area (Å²) in [5, 5.41) is 3.13. The molecule has 1 saturated heterocycles. The summed E-state index contributed by atoms with van der Waals surface area (Å²) < 4.78 is 10.8. The largest absolute Gasteiger partial charge is 0.493 e. The topological polar surface area (TPSA) is 66.9 Å². The van der Waals surface area contributed by atoms with E-state index in [4.69, 9.17) is 21.1 Å². The van der Waals surface area contributed by atoms with Crippen LogP contribution in [0.25, 0.3) is 0 Å². The zero-order valence-electron chi connectivity index (χ0n) is 17.1. The summed E-state index contributed by atoms with van der Waals surface area (Å²) in [6.07, 6.45) is 1.59. The summed E-state index contributed by atoms with van der Waals surface area (Å²) in [6, 6.07) is 7.55. The lowest BCUT2D eigenvalue weighted by Crippen LogP contribution is -2.48. The van der Waals surface area contributed by atoms with Crippen LogP contribution in [-0.2, 0) is 11.3 Å². The molecule has 2 aromatic rings. The summed E-state index contributed by atoms with van der Waals surface area (Å²) in [5.41, 5.74) is 2.94. The van der Waals surface area contributed by atoms with E-state index in [1.54, 1.807) is 32.5 Å². The fourth-order valence-electron chi connectivity index (χ4n) is 3.41. The van der Waals surface area contributed by atoms with Crippen molar-refractivity contribution in [1.82, 2.24) is 14.8 Å². The first-order valence-corrected chi connectivity index (χ1v) is 9.94. The van der Waals surface area contributed by atoms with Gasteiger partial charge in [0.25, 0.3) is 0 Å². The Bertz CT molecular complexity index is 854. The van der Waals surface area contributed by atoms with Crippen molar-refractivity contribution >= 4 is 23.2 Å². The van der Waals surface area contributed by atoms with Crippen molar-refractivity contribution < 1.29 is 14.3 Å². The van der Waals surface area contributed by atoms with E-state index in [1.165, 1.54) is 11.1 Å². The van der Waals surface area contributed by atoms with Crippen LogP contribution in [0.5, 0.6) is 11.5 Å². The first-order valence-electron chi connectivity index (χ1n) is 9.56. The Morgan fingerprint density at radius 2 is 1.79 bits per heavy atom. The molecule has 1 aromatic carbocycles. The molecule has 2 heterocycles. The number of rotatable bonds is 7. The molecule has 0 radical (unpaired) electrons.